The molecule has 0 aliphatic carbocycles. The van der Waals surface area contributed by atoms with Gasteiger partial charge in [0, 0.05) is 37.3 Å². The predicted molar refractivity (Wildman–Crippen MR) is 72.3 cm³/mol. The molecule has 0 aromatic carbocycles. The standard InChI is InChI=1S/C14H21N3O2/c1-11(17-8-3-2-6-14(17)19)9-13(18)16-10-12-5-4-7-15-12/h4-5,7,11,15H,2-3,6,8-10H2,1H3,(H,16,18)/t11-/m1/s1. The van der Waals surface area contributed by atoms with Gasteiger partial charge in [0.1, 0.15) is 0 Å². The predicted octanol–water partition coefficient (Wildman–Crippen LogP) is 1.42. The third-order valence-electron chi connectivity index (χ3n) is 3.51. The molecular weight excluding hydrogens is 242 g/mol. The summed E-state index contributed by atoms with van der Waals surface area (Å²) in [5.41, 5.74) is 0.982. The van der Waals surface area contributed by atoms with Crippen LogP contribution >= 0.6 is 0 Å². The molecule has 0 bridgehead atoms. The van der Waals surface area contributed by atoms with Gasteiger partial charge in [-0.15, -0.1) is 0 Å². The van der Waals surface area contributed by atoms with Crippen LogP contribution in [0.5, 0.6) is 0 Å². The van der Waals surface area contributed by atoms with Gasteiger partial charge in [-0.05, 0) is 31.9 Å². The Bertz CT molecular complexity index is 428. The number of piperidine rings is 1. The number of rotatable bonds is 5. The van der Waals surface area contributed by atoms with E-state index in [-0.39, 0.29) is 17.9 Å². The van der Waals surface area contributed by atoms with Crippen molar-refractivity contribution >= 4 is 11.8 Å². The van der Waals surface area contributed by atoms with Gasteiger partial charge in [0.05, 0.1) is 6.54 Å². The van der Waals surface area contributed by atoms with Crippen LogP contribution in [0.4, 0.5) is 0 Å². The Kier molecular flexibility index (Phi) is 4.60. The molecule has 1 aliphatic heterocycles. The van der Waals surface area contributed by atoms with Crippen LogP contribution in [0.1, 0.15) is 38.3 Å². The molecule has 2 N–H and O–H groups in total. The second-order valence-electron chi connectivity index (χ2n) is 5.07. The summed E-state index contributed by atoms with van der Waals surface area (Å²) in [5.74, 6) is 0.163. The molecule has 1 aliphatic rings. The number of likely N-dealkylation sites (tertiary alicyclic amines) is 1. The van der Waals surface area contributed by atoms with Gasteiger partial charge in [0.25, 0.3) is 0 Å². The van der Waals surface area contributed by atoms with Crippen LogP contribution in [0.15, 0.2) is 18.3 Å². The maximum atomic E-state index is 11.8. The Morgan fingerprint density at radius 1 is 1.53 bits per heavy atom. The molecule has 2 amide bonds. The molecule has 1 saturated heterocycles. The topological polar surface area (TPSA) is 65.2 Å². The van der Waals surface area contributed by atoms with Crippen molar-refractivity contribution in [3.05, 3.63) is 24.0 Å². The van der Waals surface area contributed by atoms with Crippen molar-refractivity contribution in [1.29, 1.82) is 0 Å². The van der Waals surface area contributed by atoms with E-state index in [2.05, 4.69) is 10.3 Å². The maximum Gasteiger partial charge on any atom is 0.222 e. The van der Waals surface area contributed by atoms with Crippen LogP contribution in [0.25, 0.3) is 0 Å². The fourth-order valence-corrected chi connectivity index (χ4v) is 2.41. The zero-order chi connectivity index (χ0) is 13.7. The van der Waals surface area contributed by atoms with Gasteiger partial charge in [0.15, 0.2) is 0 Å². The van der Waals surface area contributed by atoms with Crippen LogP contribution in [0.3, 0.4) is 0 Å². The van der Waals surface area contributed by atoms with Gasteiger partial charge in [0.2, 0.25) is 11.8 Å². The largest absolute Gasteiger partial charge is 0.364 e. The highest BCUT2D eigenvalue weighted by Crippen LogP contribution is 2.15. The number of carbonyl (C=O) groups excluding carboxylic acids is 2. The molecule has 1 aromatic rings. The summed E-state index contributed by atoms with van der Waals surface area (Å²) in [7, 11) is 0. The van der Waals surface area contributed by atoms with Crippen LogP contribution < -0.4 is 5.32 Å². The normalized spacial score (nSPS) is 17.3. The summed E-state index contributed by atoms with van der Waals surface area (Å²) < 4.78 is 0. The Balaban J connectivity index is 1.76. The third kappa shape index (κ3) is 3.84. The summed E-state index contributed by atoms with van der Waals surface area (Å²) >= 11 is 0. The molecule has 0 saturated carbocycles. The van der Waals surface area contributed by atoms with Gasteiger partial charge in [-0.1, -0.05) is 0 Å². The first-order chi connectivity index (χ1) is 9.16. The number of aromatic nitrogens is 1. The zero-order valence-corrected chi connectivity index (χ0v) is 11.3. The number of hydrogen-bond donors (Lipinski definition) is 2. The fraction of sp³-hybridized carbons (Fsp3) is 0.571. The van der Waals surface area contributed by atoms with E-state index >= 15 is 0 Å². The zero-order valence-electron chi connectivity index (χ0n) is 11.3. The first-order valence-electron chi connectivity index (χ1n) is 6.85. The Morgan fingerprint density at radius 3 is 3.05 bits per heavy atom. The van der Waals surface area contributed by atoms with E-state index in [1.165, 1.54) is 0 Å². The number of aromatic amines is 1. The monoisotopic (exact) mass is 263 g/mol. The molecule has 5 nitrogen and oxygen atoms in total. The molecule has 104 valence electrons. The van der Waals surface area contributed by atoms with Gasteiger partial charge < -0.3 is 15.2 Å². The average Bonchev–Trinajstić information content (AvgIpc) is 2.90. The summed E-state index contributed by atoms with van der Waals surface area (Å²) in [5, 5.41) is 2.86. The Hall–Kier alpha value is -1.78. The highest BCUT2D eigenvalue weighted by molar-refractivity contribution is 5.80. The van der Waals surface area contributed by atoms with Crippen molar-refractivity contribution in [2.75, 3.05) is 6.54 Å². The first kappa shape index (κ1) is 13.6. The molecule has 5 heteroatoms. The molecule has 1 aromatic heterocycles. The van der Waals surface area contributed by atoms with E-state index in [1.807, 2.05) is 30.2 Å². The Morgan fingerprint density at radius 2 is 2.37 bits per heavy atom. The molecule has 0 radical (unpaired) electrons. The fourth-order valence-electron chi connectivity index (χ4n) is 2.41. The highest BCUT2D eigenvalue weighted by Gasteiger charge is 2.24. The lowest BCUT2D eigenvalue weighted by molar-refractivity contribution is -0.136. The van der Waals surface area contributed by atoms with Crippen LogP contribution in [-0.4, -0.2) is 34.3 Å². The minimum absolute atomic E-state index is 0.0135. The number of carbonyl (C=O) groups is 2. The van der Waals surface area contributed by atoms with E-state index in [9.17, 15) is 9.59 Å². The van der Waals surface area contributed by atoms with E-state index in [0.717, 1.165) is 25.1 Å². The summed E-state index contributed by atoms with van der Waals surface area (Å²) in [4.78, 5) is 28.5. The molecule has 1 atom stereocenters. The van der Waals surface area contributed by atoms with Crippen molar-refractivity contribution < 1.29 is 9.59 Å². The van der Waals surface area contributed by atoms with Crippen molar-refractivity contribution in [3.63, 3.8) is 0 Å². The van der Waals surface area contributed by atoms with Crippen LogP contribution in [-0.2, 0) is 16.1 Å². The van der Waals surface area contributed by atoms with E-state index < -0.39 is 0 Å². The van der Waals surface area contributed by atoms with Crippen LogP contribution in [0, 0.1) is 0 Å². The number of hydrogen-bond acceptors (Lipinski definition) is 2. The lowest BCUT2D eigenvalue weighted by Crippen LogP contribution is -2.44. The summed E-state index contributed by atoms with van der Waals surface area (Å²) in [6.07, 6.45) is 4.83. The smallest absolute Gasteiger partial charge is 0.222 e. The molecule has 2 heterocycles. The Labute approximate surface area is 113 Å². The van der Waals surface area contributed by atoms with Gasteiger partial charge in [-0.2, -0.15) is 0 Å². The minimum atomic E-state index is -0.0172. The van der Waals surface area contributed by atoms with E-state index in [1.54, 1.807) is 0 Å². The molecule has 19 heavy (non-hydrogen) atoms. The lowest BCUT2D eigenvalue weighted by atomic mass is 10.1. The van der Waals surface area contributed by atoms with Crippen molar-refractivity contribution in [2.45, 2.75) is 45.2 Å². The first-order valence-corrected chi connectivity index (χ1v) is 6.85. The summed E-state index contributed by atoms with van der Waals surface area (Å²) in [6, 6.07) is 3.81. The maximum absolute atomic E-state index is 11.8. The van der Waals surface area contributed by atoms with Crippen molar-refractivity contribution in [2.24, 2.45) is 0 Å². The average molecular weight is 263 g/mol. The summed E-state index contributed by atoms with van der Waals surface area (Å²) in [6.45, 7) is 3.23. The van der Waals surface area contributed by atoms with Crippen LogP contribution in [0.2, 0.25) is 0 Å². The van der Waals surface area contributed by atoms with E-state index in [4.69, 9.17) is 0 Å². The number of H-pyrrole nitrogens is 1. The SMILES string of the molecule is C[C@H](CC(=O)NCc1ccc[nH]1)N1CCCCC1=O. The van der Waals surface area contributed by atoms with Gasteiger partial charge in [-0.25, -0.2) is 0 Å². The molecule has 0 spiro atoms. The van der Waals surface area contributed by atoms with E-state index in [0.29, 0.717) is 19.4 Å². The lowest BCUT2D eigenvalue weighted by Gasteiger charge is -2.32. The number of nitrogens with one attached hydrogen (secondary N) is 2. The van der Waals surface area contributed by atoms with Crippen molar-refractivity contribution in [3.8, 4) is 0 Å². The highest BCUT2D eigenvalue weighted by atomic mass is 16.2. The second kappa shape index (κ2) is 6.41. The van der Waals surface area contributed by atoms with Gasteiger partial charge in [-0.3, -0.25) is 9.59 Å². The van der Waals surface area contributed by atoms with Gasteiger partial charge >= 0.3 is 0 Å². The quantitative estimate of drug-likeness (QED) is 0.844. The molecule has 0 unspecified atom stereocenters. The number of amides is 2. The third-order valence-corrected chi connectivity index (χ3v) is 3.51. The molecular formula is C14H21N3O2. The van der Waals surface area contributed by atoms with Crippen molar-refractivity contribution in [1.82, 2.24) is 15.2 Å². The minimum Gasteiger partial charge on any atom is -0.364 e. The molecule has 2 rings (SSSR count). The molecule has 1 fully saturated rings. The number of nitrogens with zero attached hydrogens (tertiary/aromatic N) is 1. The second-order valence-corrected chi connectivity index (χ2v) is 5.07.